The summed E-state index contributed by atoms with van der Waals surface area (Å²) in [6.45, 7) is 9.93. The molecule has 23 heavy (non-hydrogen) atoms. The molecule has 0 saturated heterocycles. The van der Waals surface area contributed by atoms with Crippen molar-refractivity contribution < 1.29 is 14.3 Å². The van der Waals surface area contributed by atoms with E-state index in [4.69, 9.17) is 4.74 Å². The Bertz CT molecular complexity index is 543. The normalized spacial score (nSPS) is 11.5. The number of nitrogens with one attached hydrogen (secondary N) is 1. The van der Waals surface area contributed by atoms with Gasteiger partial charge in [0.05, 0.1) is 12.7 Å². The lowest BCUT2D eigenvalue weighted by atomic mass is 10.1. The lowest BCUT2D eigenvalue weighted by Crippen LogP contribution is -2.41. The van der Waals surface area contributed by atoms with Gasteiger partial charge in [-0.05, 0) is 46.8 Å². The average molecular weight is 318 g/mol. The van der Waals surface area contributed by atoms with Crippen molar-refractivity contribution in [1.29, 1.82) is 0 Å². The zero-order valence-electron chi connectivity index (χ0n) is 14.5. The number of hydrogen-bond donors (Lipinski definition) is 1. The average Bonchev–Trinajstić information content (AvgIpc) is 2.47. The molecule has 0 aliphatic carbocycles. The Hall–Kier alpha value is -2.30. The van der Waals surface area contributed by atoms with E-state index in [-0.39, 0.29) is 24.6 Å². The van der Waals surface area contributed by atoms with Gasteiger partial charge in [0.2, 0.25) is 0 Å². The number of anilines is 1. The number of rotatable bonds is 7. The quantitative estimate of drug-likeness (QED) is 0.619. The number of carbonyl (C=O) groups excluding carboxylic acids is 2. The van der Waals surface area contributed by atoms with E-state index in [1.54, 1.807) is 19.1 Å². The van der Waals surface area contributed by atoms with Crippen LogP contribution in [0.1, 0.15) is 34.6 Å². The lowest BCUT2D eigenvalue weighted by molar-refractivity contribution is -0.137. The van der Waals surface area contributed by atoms with Crippen molar-refractivity contribution in [3.05, 3.63) is 42.1 Å². The van der Waals surface area contributed by atoms with Gasteiger partial charge in [-0.2, -0.15) is 0 Å². The Morgan fingerprint density at radius 1 is 1.13 bits per heavy atom. The fourth-order valence-corrected chi connectivity index (χ4v) is 2.42. The van der Waals surface area contributed by atoms with Crippen LogP contribution in [-0.4, -0.2) is 35.5 Å². The van der Waals surface area contributed by atoms with E-state index in [2.05, 4.69) is 5.32 Å². The molecule has 1 aromatic carbocycles. The summed E-state index contributed by atoms with van der Waals surface area (Å²) in [7, 11) is 0. The Labute approximate surface area is 138 Å². The Morgan fingerprint density at radius 3 is 2.17 bits per heavy atom. The van der Waals surface area contributed by atoms with Gasteiger partial charge in [-0.3, -0.25) is 4.79 Å². The van der Waals surface area contributed by atoms with Gasteiger partial charge in [-0.25, -0.2) is 4.79 Å². The second-order valence-electron chi connectivity index (χ2n) is 5.70. The van der Waals surface area contributed by atoms with Crippen molar-refractivity contribution in [2.75, 3.05) is 11.9 Å². The molecule has 1 rings (SSSR count). The smallest absolute Gasteiger partial charge is 0.333 e. The minimum Gasteiger partial charge on any atom is -0.463 e. The van der Waals surface area contributed by atoms with Gasteiger partial charge in [-0.1, -0.05) is 18.2 Å². The van der Waals surface area contributed by atoms with Crippen molar-refractivity contribution in [2.45, 2.75) is 46.7 Å². The molecule has 126 valence electrons. The number of para-hydroxylation sites is 1. The number of amides is 1. The first-order valence-electron chi connectivity index (χ1n) is 7.90. The van der Waals surface area contributed by atoms with E-state index in [1.807, 2.05) is 50.8 Å². The topological polar surface area (TPSA) is 58.6 Å². The van der Waals surface area contributed by atoms with Crippen molar-refractivity contribution in [3.63, 3.8) is 0 Å². The number of esters is 1. The summed E-state index contributed by atoms with van der Waals surface area (Å²) in [5, 5.41) is 2.82. The van der Waals surface area contributed by atoms with Crippen LogP contribution in [0.2, 0.25) is 0 Å². The summed E-state index contributed by atoms with van der Waals surface area (Å²) in [5.41, 5.74) is 0.983. The third-order valence-corrected chi connectivity index (χ3v) is 3.20. The van der Waals surface area contributed by atoms with Gasteiger partial charge < -0.3 is 15.0 Å². The third-order valence-electron chi connectivity index (χ3n) is 3.20. The molecular weight excluding hydrogens is 292 g/mol. The number of carbonyl (C=O) groups is 2. The molecule has 1 N–H and O–H groups in total. The first-order chi connectivity index (χ1) is 10.9. The maximum Gasteiger partial charge on any atom is 0.333 e. The number of hydrogen-bond acceptors (Lipinski definition) is 4. The van der Waals surface area contributed by atoms with Crippen LogP contribution >= 0.6 is 0 Å². The van der Waals surface area contributed by atoms with E-state index in [0.29, 0.717) is 11.4 Å². The van der Waals surface area contributed by atoms with Gasteiger partial charge in [0, 0.05) is 17.8 Å². The molecule has 0 bridgehead atoms. The van der Waals surface area contributed by atoms with Crippen LogP contribution in [0, 0.1) is 0 Å². The van der Waals surface area contributed by atoms with E-state index in [9.17, 15) is 9.59 Å². The standard InChI is InChI=1S/C18H26N2O3/c1-6-23-17(21)12-16(20(13(2)3)14(4)5)18(22)19-15-10-8-7-9-11-15/h7-14H,6H2,1-5H3,(H,19,22)/b16-12+. The van der Waals surface area contributed by atoms with Crippen LogP contribution in [0.25, 0.3) is 0 Å². The first kappa shape index (κ1) is 18.7. The zero-order chi connectivity index (χ0) is 17.4. The molecule has 0 aliphatic rings. The fourth-order valence-electron chi connectivity index (χ4n) is 2.42. The molecule has 0 heterocycles. The Morgan fingerprint density at radius 2 is 1.70 bits per heavy atom. The molecule has 0 unspecified atom stereocenters. The molecule has 0 aromatic heterocycles. The van der Waals surface area contributed by atoms with Crippen molar-refractivity contribution in [1.82, 2.24) is 4.90 Å². The minimum atomic E-state index is -0.517. The summed E-state index contributed by atoms with van der Waals surface area (Å²) < 4.78 is 4.96. The molecule has 0 saturated carbocycles. The maximum absolute atomic E-state index is 12.7. The minimum absolute atomic E-state index is 0.0669. The Kier molecular flexibility index (Phi) is 7.32. The summed E-state index contributed by atoms with van der Waals surface area (Å²) in [4.78, 5) is 26.4. The van der Waals surface area contributed by atoms with Crippen LogP contribution < -0.4 is 5.32 Å². The molecule has 0 fully saturated rings. The molecule has 5 nitrogen and oxygen atoms in total. The monoisotopic (exact) mass is 318 g/mol. The predicted octanol–water partition coefficient (Wildman–Crippen LogP) is 3.19. The van der Waals surface area contributed by atoms with E-state index >= 15 is 0 Å². The first-order valence-corrected chi connectivity index (χ1v) is 7.90. The number of ether oxygens (including phenoxy) is 1. The molecule has 0 atom stereocenters. The second-order valence-corrected chi connectivity index (χ2v) is 5.70. The highest BCUT2D eigenvalue weighted by Gasteiger charge is 2.24. The summed E-state index contributed by atoms with van der Waals surface area (Å²) in [5.74, 6) is -0.844. The molecule has 1 amide bonds. The van der Waals surface area contributed by atoms with Crippen molar-refractivity contribution in [3.8, 4) is 0 Å². The molecule has 0 spiro atoms. The maximum atomic E-state index is 12.7. The fraction of sp³-hybridized carbons (Fsp3) is 0.444. The predicted molar refractivity (Wildman–Crippen MR) is 91.9 cm³/mol. The molecule has 1 aromatic rings. The largest absolute Gasteiger partial charge is 0.463 e. The zero-order valence-corrected chi connectivity index (χ0v) is 14.5. The highest BCUT2D eigenvalue weighted by atomic mass is 16.5. The van der Waals surface area contributed by atoms with Gasteiger partial charge >= 0.3 is 5.97 Å². The lowest BCUT2D eigenvalue weighted by Gasteiger charge is -2.34. The Balaban J connectivity index is 3.12. The summed E-state index contributed by atoms with van der Waals surface area (Å²) in [6.07, 6.45) is 1.27. The van der Waals surface area contributed by atoms with Crippen LogP contribution in [0.5, 0.6) is 0 Å². The summed E-state index contributed by atoms with van der Waals surface area (Å²) >= 11 is 0. The van der Waals surface area contributed by atoms with Gasteiger partial charge in [0.15, 0.2) is 0 Å². The second kappa shape index (κ2) is 8.98. The molecule has 0 radical (unpaired) electrons. The highest BCUT2D eigenvalue weighted by molar-refractivity contribution is 6.06. The molecule has 5 heteroatoms. The summed E-state index contributed by atoms with van der Waals surface area (Å²) in [6, 6.07) is 9.29. The van der Waals surface area contributed by atoms with Gasteiger partial charge in [-0.15, -0.1) is 0 Å². The number of nitrogens with zero attached hydrogens (tertiary/aromatic N) is 1. The third kappa shape index (κ3) is 5.77. The van der Waals surface area contributed by atoms with E-state index in [1.165, 1.54) is 6.08 Å². The van der Waals surface area contributed by atoms with E-state index in [0.717, 1.165) is 0 Å². The van der Waals surface area contributed by atoms with Crippen LogP contribution in [0.4, 0.5) is 5.69 Å². The van der Waals surface area contributed by atoms with Crippen LogP contribution in [0.15, 0.2) is 42.1 Å². The van der Waals surface area contributed by atoms with Crippen LogP contribution in [-0.2, 0) is 14.3 Å². The highest BCUT2D eigenvalue weighted by Crippen LogP contribution is 2.17. The molecular formula is C18H26N2O3. The van der Waals surface area contributed by atoms with Crippen molar-refractivity contribution >= 4 is 17.6 Å². The van der Waals surface area contributed by atoms with Gasteiger partial charge in [0.25, 0.3) is 5.91 Å². The van der Waals surface area contributed by atoms with Gasteiger partial charge in [0.1, 0.15) is 5.70 Å². The number of benzene rings is 1. The van der Waals surface area contributed by atoms with Crippen LogP contribution in [0.3, 0.4) is 0 Å². The molecule has 0 aliphatic heterocycles. The van der Waals surface area contributed by atoms with Crippen molar-refractivity contribution in [2.24, 2.45) is 0 Å². The SMILES string of the molecule is CCOC(=O)/C=C(\C(=O)Nc1ccccc1)N(C(C)C)C(C)C. The van der Waals surface area contributed by atoms with E-state index < -0.39 is 5.97 Å².